The number of hydrogen-bond acceptors (Lipinski definition) is 4. The summed E-state index contributed by atoms with van der Waals surface area (Å²) >= 11 is 0. The highest BCUT2D eigenvalue weighted by molar-refractivity contribution is 6.14. The van der Waals surface area contributed by atoms with Crippen molar-refractivity contribution >= 4 is 11.9 Å². The number of carbonyl (C=O) groups excluding carboxylic acids is 1. The second-order valence-corrected chi connectivity index (χ2v) is 7.37. The number of likely N-dealkylation sites (tertiary alicyclic amines) is 1. The highest BCUT2D eigenvalue weighted by Gasteiger charge is 2.32. The van der Waals surface area contributed by atoms with Crippen LogP contribution in [0.25, 0.3) is 6.08 Å². The van der Waals surface area contributed by atoms with Gasteiger partial charge < -0.3 is 19.5 Å². The van der Waals surface area contributed by atoms with E-state index in [0.717, 1.165) is 30.0 Å². The van der Waals surface area contributed by atoms with E-state index in [2.05, 4.69) is 0 Å². The predicted molar refractivity (Wildman–Crippen MR) is 107 cm³/mol. The molecule has 0 aliphatic carbocycles. The molecule has 2 aromatic carbocycles. The van der Waals surface area contributed by atoms with E-state index in [1.54, 1.807) is 18.2 Å². The lowest BCUT2D eigenvalue weighted by Crippen LogP contribution is -3.11. The number of phenolic OH excluding ortho intramolecular Hbond substituents is 1. The molecule has 4 rings (SSSR count). The molecule has 5 heteroatoms. The quantitative estimate of drug-likeness (QED) is 0.783. The molecule has 2 heterocycles. The van der Waals surface area contributed by atoms with Gasteiger partial charge in [0, 0.05) is 0 Å². The maximum Gasteiger partial charge on any atom is 0.231 e. The van der Waals surface area contributed by atoms with Crippen molar-refractivity contribution in [2.24, 2.45) is 0 Å². The molecule has 2 aliphatic heterocycles. The molecule has 0 radical (unpaired) electrons. The van der Waals surface area contributed by atoms with Crippen LogP contribution in [0.15, 0.2) is 42.2 Å². The molecule has 0 saturated carbocycles. The third kappa shape index (κ3) is 3.76. The first-order valence-corrected chi connectivity index (χ1v) is 10.0. The van der Waals surface area contributed by atoms with Crippen molar-refractivity contribution in [1.29, 1.82) is 0 Å². The van der Waals surface area contributed by atoms with Gasteiger partial charge in [0.15, 0.2) is 11.5 Å². The van der Waals surface area contributed by atoms with Gasteiger partial charge >= 0.3 is 0 Å². The van der Waals surface area contributed by atoms with Crippen LogP contribution in [0.3, 0.4) is 0 Å². The Hall–Kier alpha value is -2.79. The molecule has 0 amide bonds. The maximum absolute atomic E-state index is 12.8. The Kier molecular flexibility index (Phi) is 5.35. The Balaban J connectivity index is 1.59. The number of ketones is 1. The third-order valence-electron chi connectivity index (χ3n) is 5.39. The van der Waals surface area contributed by atoms with E-state index in [4.69, 9.17) is 9.47 Å². The number of quaternary nitrogens is 1. The number of rotatable bonds is 5. The summed E-state index contributed by atoms with van der Waals surface area (Å²) in [4.78, 5) is 14.2. The Morgan fingerprint density at radius 3 is 2.57 bits per heavy atom. The largest absolute Gasteiger partial charge is 0.507 e. The number of piperidine rings is 1. The van der Waals surface area contributed by atoms with Gasteiger partial charge in [-0.25, -0.2) is 0 Å². The lowest BCUT2D eigenvalue weighted by atomic mass is 10.0. The first kappa shape index (κ1) is 18.6. The van der Waals surface area contributed by atoms with Gasteiger partial charge in [0.2, 0.25) is 5.78 Å². The SMILES string of the molecule is CCOc1ccc(/C=C2\Oc3c(ccc(O)c3C[NH+]3CCCCC3)C2=O)cc1. The molecule has 5 nitrogen and oxygen atoms in total. The zero-order valence-electron chi connectivity index (χ0n) is 16.2. The van der Waals surface area contributed by atoms with Crippen molar-refractivity contribution in [3.63, 3.8) is 0 Å². The molecule has 0 atom stereocenters. The van der Waals surface area contributed by atoms with Crippen molar-refractivity contribution in [1.82, 2.24) is 0 Å². The minimum absolute atomic E-state index is 0.140. The number of fused-ring (bicyclic) bond motifs is 1. The number of allylic oxidation sites excluding steroid dienone is 1. The van der Waals surface area contributed by atoms with E-state index in [1.165, 1.54) is 24.2 Å². The summed E-state index contributed by atoms with van der Waals surface area (Å²) in [5, 5.41) is 10.4. The van der Waals surface area contributed by atoms with E-state index < -0.39 is 0 Å². The van der Waals surface area contributed by atoms with Crippen molar-refractivity contribution in [2.45, 2.75) is 32.7 Å². The fraction of sp³-hybridized carbons (Fsp3) is 0.348. The van der Waals surface area contributed by atoms with Gasteiger partial charge in [0.25, 0.3) is 0 Å². The van der Waals surface area contributed by atoms with Crippen LogP contribution >= 0.6 is 0 Å². The van der Waals surface area contributed by atoms with Crippen LogP contribution in [0.2, 0.25) is 0 Å². The highest BCUT2D eigenvalue weighted by Crippen LogP contribution is 2.39. The molecule has 1 fully saturated rings. The van der Waals surface area contributed by atoms with Crippen LogP contribution in [0.4, 0.5) is 0 Å². The van der Waals surface area contributed by atoms with Crippen LogP contribution in [0.5, 0.6) is 17.2 Å². The van der Waals surface area contributed by atoms with E-state index >= 15 is 0 Å². The fourth-order valence-electron chi connectivity index (χ4n) is 3.92. The number of Topliss-reactive ketones (excluding diaryl/α,β-unsaturated/α-hetero) is 1. The topological polar surface area (TPSA) is 60.2 Å². The number of benzene rings is 2. The van der Waals surface area contributed by atoms with Gasteiger partial charge in [-0.05, 0) is 62.1 Å². The number of carbonyl (C=O) groups is 1. The van der Waals surface area contributed by atoms with Crippen molar-refractivity contribution in [3.8, 4) is 17.2 Å². The second kappa shape index (κ2) is 8.07. The molecule has 146 valence electrons. The third-order valence-corrected chi connectivity index (χ3v) is 5.39. The number of ether oxygens (including phenoxy) is 2. The van der Waals surface area contributed by atoms with E-state index in [0.29, 0.717) is 30.2 Å². The predicted octanol–water partition coefficient (Wildman–Crippen LogP) is 2.98. The summed E-state index contributed by atoms with van der Waals surface area (Å²) in [7, 11) is 0. The Morgan fingerprint density at radius 1 is 1.11 bits per heavy atom. The van der Waals surface area contributed by atoms with Gasteiger partial charge in [-0.3, -0.25) is 4.79 Å². The van der Waals surface area contributed by atoms with Gasteiger partial charge in [-0.15, -0.1) is 0 Å². The minimum atomic E-state index is -0.140. The fourth-order valence-corrected chi connectivity index (χ4v) is 3.92. The van der Waals surface area contributed by atoms with E-state index in [-0.39, 0.29) is 11.5 Å². The summed E-state index contributed by atoms with van der Waals surface area (Å²) in [5.74, 6) is 1.66. The van der Waals surface area contributed by atoms with Gasteiger partial charge in [0.1, 0.15) is 18.0 Å². The number of hydrogen-bond donors (Lipinski definition) is 2. The van der Waals surface area contributed by atoms with Gasteiger partial charge in [-0.1, -0.05) is 12.1 Å². The van der Waals surface area contributed by atoms with Crippen LogP contribution in [-0.4, -0.2) is 30.6 Å². The molecule has 2 aromatic rings. The number of phenols is 1. The first-order chi connectivity index (χ1) is 13.7. The minimum Gasteiger partial charge on any atom is -0.507 e. The molecule has 1 saturated heterocycles. The zero-order valence-corrected chi connectivity index (χ0v) is 16.2. The molecule has 0 unspecified atom stereocenters. The molecule has 0 bridgehead atoms. The average Bonchev–Trinajstić information content (AvgIpc) is 3.02. The van der Waals surface area contributed by atoms with Gasteiger partial charge in [-0.2, -0.15) is 0 Å². The summed E-state index contributed by atoms with van der Waals surface area (Å²) in [6, 6.07) is 10.8. The summed E-state index contributed by atoms with van der Waals surface area (Å²) in [6.45, 7) is 5.41. The Bertz CT molecular complexity index is 896. The maximum atomic E-state index is 12.8. The van der Waals surface area contributed by atoms with Crippen LogP contribution in [-0.2, 0) is 6.54 Å². The standard InChI is InChI=1S/C23H25NO4/c1-2-27-17-8-6-16(7-9-17)14-21-22(26)18-10-11-20(25)19(23(18)28-21)15-24-12-4-3-5-13-24/h6-11,14,25H,2-5,12-13,15H2,1H3/p+1/b21-14-. The molecule has 0 aromatic heterocycles. The monoisotopic (exact) mass is 380 g/mol. The van der Waals surface area contributed by atoms with Crippen molar-refractivity contribution in [3.05, 3.63) is 58.8 Å². The Labute approximate surface area is 165 Å². The molecule has 2 aliphatic rings. The number of nitrogens with one attached hydrogen (secondary N) is 1. The van der Waals surface area contributed by atoms with E-state index in [1.807, 2.05) is 31.2 Å². The van der Waals surface area contributed by atoms with Gasteiger partial charge in [0.05, 0.1) is 30.8 Å². The molecular weight excluding hydrogens is 354 g/mol. The number of aromatic hydroxyl groups is 1. The van der Waals surface area contributed by atoms with Crippen LogP contribution < -0.4 is 14.4 Å². The first-order valence-electron chi connectivity index (χ1n) is 10.0. The van der Waals surface area contributed by atoms with Crippen molar-refractivity contribution < 1.29 is 24.3 Å². The molecule has 2 N–H and O–H groups in total. The summed E-state index contributed by atoms with van der Waals surface area (Å²) < 4.78 is 11.4. The van der Waals surface area contributed by atoms with Crippen LogP contribution in [0.1, 0.15) is 47.7 Å². The lowest BCUT2D eigenvalue weighted by Gasteiger charge is -2.24. The average molecular weight is 380 g/mol. The zero-order chi connectivity index (χ0) is 19.5. The lowest BCUT2D eigenvalue weighted by molar-refractivity contribution is -0.918. The second-order valence-electron chi connectivity index (χ2n) is 7.37. The van der Waals surface area contributed by atoms with E-state index in [9.17, 15) is 9.90 Å². The molecule has 28 heavy (non-hydrogen) atoms. The molecular formula is C23H26NO4+. The van der Waals surface area contributed by atoms with Crippen LogP contribution in [0, 0.1) is 0 Å². The summed E-state index contributed by atoms with van der Waals surface area (Å²) in [6.07, 6.45) is 5.42. The smallest absolute Gasteiger partial charge is 0.231 e. The highest BCUT2D eigenvalue weighted by atomic mass is 16.5. The Morgan fingerprint density at radius 2 is 1.86 bits per heavy atom. The van der Waals surface area contributed by atoms with Crippen molar-refractivity contribution in [2.75, 3.05) is 19.7 Å². The normalized spacial score (nSPS) is 18.2. The summed E-state index contributed by atoms with van der Waals surface area (Å²) in [5.41, 5.74) is 2.13. The molecule has 0 spiro atoms.